The highest BCUT2D eigenvalue weighted by Gasteiger charge is 2.45. The van der Waals surface area contributed by atoms with Crippen LogP contribution in [0.4, 0.5) is 4.79 Å². The van der Waals surface area contributed by atoms with Crippen molar-refractivity contribution in [1.29, 1.82) is 0 Å². The summed E-state index contributed by atoms with van der Waals surface area (Å²) in [6, 6.07) is 23.5. The molecule has 2 saturated heterocycles. The van der Waals surface area contributed by atoms with Crippen molar-refractivity contribution in [2.24, 2.45) is 5.92 Å². The third-order valence-electron chi connectivity index (χ3n) is 8.13. The summed E-state index contributed by atoms with van der Waals surface area (Å²) in [7, 11) is 1.63. The molecule has 7 nitrogen and oxygen atoms in total. The van der Waals surface area contributed by atoms with Crippen LogP contribution in [0.2, 0.25) is 0 Å². The number of ketones is 1. The van der Waals surface area contributed by atoms with Crippen LogP contribution < -0.4 is 4.74 Å². The van der Waals surface area contributed by atoms with Crippen molar-refractivity contribution >= 4 is 11.9 Å². The Balaban J connectivity index is 1.10. The number of methoxy groups -OCH3 is 1. The summed E-state index contributed by atoms with van der Waals surface area (Å²) in [6.45, 7) is 2.08. The van der Waals surface area contributed by atoms with Crippen molar-refractivity contribution in [2.75, 3.05) is 40.1 Å². The zero-order valence-electron chi connectivity index (χ0n) is 22.1. The fraction of sp³-hybridized carbons (Fsp3) is 0.375. The van der Waals surface area contributed by atoms with E-state index in [0.29, 0.717) is 50.6 Å². The van der Waals surface area contributed by atoms with Gasteiger partial charge in [0, 0.05) is 24.5 Å². The van der Waals surface area contributed by atoms with Crippen LogP contribution in [-0.2, 0) is 14.2 Å². The molecule has 2 unspecified atom stereocenters. The molecule has 2 atom stereocenters. The molecule has 6 rings (SSSR count). The lowest BCUT2D eigenvalue weighted by Crippen LogP contribution is -2.60. The number of nitrogens with zero attached hydrogens (tertiary/aromatic N) is 1. The fourth-order valence-electron chi connectivity index (χ4n) is 6.29. The van der Waals surface area contributed by atoms with Gasteiger partial charge in [-0.3, -0.25) is 9.69 Å². The van der Waals surface area contributed by atoms with E-state index < -0.39 is 0 Å². The Kier molecular flexibility index (Phi) is 7.35. The summed E-state index contributed by atoms with van der Waals surface area (Å²) in [4.78, 5) is 28.6. The van der Waals surface area contributed by atoms with Crippen molar-refractivity contribution < 1.29 is 28.5 Å². The summed E-state index contributed by atoms with van der Waals surface area (Å²) in [6.07, 6.45) is 0.802. The van der Waals surface area contributed by atoms with Gasteiger partial charge >= 0.3 is 6.09 Å². The van der Waals surface area contributed by atoms with Crippen molar-refractivity contribution in [3.05, 3.63) is 89.5 Å². The van der Waals surface area contributed by atoms with Crippen LogP contribution in [0, 0.1) is 5.92 Å². The lowest BCUT2D eigenvalue weighted by atomic mass is 9.81. The number of ether oxygens (including phenoxy) is 4. The smallest absolute Gasteiger partial charge is 0.410 e. The SMILES string of the molecule is COCCOc1ccc(C(=O)C2CC3COCC(C2)N3C(=O)OCC2c3ccccc3-c3ccccc32)cc1. The summed E-state index contributed by atoms with van der Waals surface area (Å²) in [5, 5.41) is 0. The summed E-state index contributed by atoms with van der Waals surface area (Å²) < 4.78 is 22.4. The molecule has 7 heteroatoms. The Morgan fingerprint density at radius 3 is 2.08 bits per heavy atom. The van der Waals surface area contributed by atoms with E-state index in [1.165, 1.54) is 22.3 Å². The maximum absolute atomic E-state index is 13.4. The van der Waals surface area contributed by atoms with Gasteiger partial charge in [0.1, 0.15) is 19.0 Å². The van der Waals surface area contributed by atoms with Gasteiger partial charge < -0.3 is 18.9 Å². The maximum atomic E-state index is 13.4. The van der Waals surface area contributed by atoms with E-state index in [-0.39, 0.29) is 42.4 Å². The van der Waals surface area contributed by atoms with Crippen molar-refractivity contribution in [1.82, 2.24) is 4.90 Å². The predicted molar refractivity (Wildman–Crippen MR) is 146 cm³/mol. The van der Waals surface area contributed by atoms with Gasteiger partial charge in [-0.15, -0.1) is 0 Å². The topological polar surface area (TPSA) is 74.3 Å². The van der Waals surface area contributed by atoms with Crippen LogP contribution in [0.5, 0.6) is 5.75 Å². The van der Waals surface area contributed by atoms with Crippen LogP contribution in [0.1, 0.15) is 40.2 Å². The molecule has 3 aliphatic rings. The van der Waals surface area contributed by atoms with Gasteiger partial charge in [0.15, 0.2) is 5.78 Å². The Hall–Kier alpha value is -3.68. The first-order chi connectivity index (χ1) is 19.1. The number of benzene rings is 3. The number of amides is 1. The second-order valence-corrected chi connectivity index (χ2v) is 10.5. The number of hydrogen-bond acceptors (Lipinski definition) is 6. The minimum absolute atomic E-state index is 0.0120. The molecule has 1 aliphatic carbocycles. The second kappa shape index (κ2) is 11.2. The highest BCUT2D eigenvalue weighted by Crippen LogP contribution is 2.44. The number of piperidine rings is 1. The molecule has 2 heterocycles. The quantitative estimate of drug-likeness (QED) is 0.292. The second-order valence-electron chi connectivity index (χ2n) is 10.5. The lowest BCUT2D eigenvalue weighted by Gasteiger charge is -2.47. The van der Waals surface area contributed by atoms with Gasteiger partial charge in [-0.1, -0.05) is 48.5 Å². The molecule has 3 aromatic carbocycles. The zero-order valence-corrected chi connectivity index (χ0v) is 22.1. The Morgan fingerprint density at radius 1 is 0.846 bits per heavy atom. The number of Topliss-reactive ketones (excluding diaryl/α,β-unsaturated/α-hetero) is 1. The number of carbonyl (C=O) groups excluding carboxylic acids is 2. The summed E-state index contributed by atoms with van der Waals surface area (Å²) in [5.41, 5.74) is 5.44. The Morgan fingerprint density at radius 2 is 1.46 bits per heavy atom. The fourth-order valence-corrected chi connectivity index (χ4v) is 6.29. The minimum atomic E-state index is -0.321. The molecule has 2 aliphatic heterocycles. The van der Waals surface area contributed by atoms with E-state index in [4.69, 9.17) is 18.9 Å². The number of fused-ring (bicyclic) bond motifs is 5. The first-order valence-corrected chi connectivity index (χ1v) is 13.6. The molecule has 2 fully saturated rings. The van der Waals surface area contributed by atoms with Gasteiger partial charge in [-0.05, 0) is 59.4 Å². The van der Waals surface area contributed by atoms with Crippen molar-refractivity contribution in [3.63, 3.8) is 0 Å². The van der Waals surface area contributed by atoms with E-state index >= 15 is 0 Å². The van der Waals surface area contributed by atoms with E-state index in [0.717, 1.165) is 0 Å². The van der Waals surface area contributed by atoms with Gasteiger partial charge in [-0.2, -0.15) is 0 Å². The number of carbonyl (C=O) groups is 2. The Labute approximate surface area is 228 Å². The van der Waals surface area contributed by atoms with Crippen LogP contribution in [0.3, 0.4) is 0 Å². The molecule has 0 radical (unpaired) electrons. The molecule has 39 heavy (non-hydrogen) atoms. The standard InChI is InChI=1S/C32H33NO6/c1-36-14-15-38-25-12-10-21(11-13-25)31(34)22-16-23-18-37-19-24(17-22)33(23)32(35)39-20-30-28-8-4-2-6-26(28)27-7-3-5-9-29(27)30/h2-13,22-24,30H,14-20H2,1H3. The summed E-state index contributed by atoms with van der Waals surface area (Å²) in [5.74, 6) is 0.654. The van der Waals surface area contributed by atoms with Crippen molar-refractivity contribution in [3.8, 4) is 16.9 Å². The van der Waals surface area contributed by atoms with Gasteiger partial charge in [0.25, 0.3) is 0 Å². The van der Waals surface area contributed by atoms with Gasteiger partial charge in [-0.25, -0.2) is 4.79 Å². The monoisotopic (exact) mass is 527 g/mol. The van der Waals surface area contributed by atoms with E-state index in [1.807, 2.05) is 53.4 Å². The molecule has 2 bridgehead atoms. The molecule has 0 aromatic heterocycles. The number of morpholine rings is 1. The highest BCUT2D eigenvalue weighted by atomic mass is 16.6. The third kappa shape index (κ3) is 5.04. The number of hydrogen-bond donors (Lipinski definition) is 0. The largest absolute Gasteiger partial charge is 0.491 e. The molecule has 1 amide bonds. The van der Waals surface area contributed by atoms with Crippen LogP contribution in [0.15, 0.2) is 72.8 Å². The third-order valence-corrected chi connectivity index (χ3v) is 8.13. The van der Waals surface area contributed by atoms with Gasteiger partial charge in [0.2, 0.25) is 0 Å². The average molecular weight is 528 g/mol. The highest BCUT2D eigenvalue weighted by molar-refractivity contribution is 5.98. The molecular weight excluding hydrogens is 494 g/mol. The molecule has 0 saturated carbocycles. The Bertz CT molecular complexity index is 1280. The predicted octanol–water partition coefficient (Wildman–Crippen LogP) is 5.32. The minimum Gasteiger partial charge on any atom is -0.491 e. The van der Waals surface area contributed by atoms with E-state index in [9.17, 15) is 9.59 Å². The molecule has 3 aromatic rings. The average Bonchev–Trinajstić information content (AvgIpc) is 3.29. The lowest BCUT2D eigenvalue weighted by molar-refractivity contribution is -0.0747. The first kappa shape index (κ1) is 25.6. The summed E-state index contributed by atoms with van der Waals surface area (Å²) >= 11 is 0. The van der Waals surface area contributed by atoms with Gasteiger partial charge in [0.05, 0.1) is 31.9 Å². The molecular formula is C32H33NO6. The first-order valence-electron chi connectivity index (χ1n) is 13.6. The van der Waals surface area contributed by atoms with E-state index in [2.05, 4.69) is 24.3 Å². The molecule has 202 valence electrons. The normalized spacial score (nSPS) is 21.7. The number of rotatable bonds is 8. The zero-order chi connectivity index (χ0) is 26.8. The van der Waals surface area contributed by atoms with Crippen molar-refractivity contribution in [2.45, 2.75) is 30.8 Å². The maximum Gasteiger partial charge on any atom is 0.410 e. The van der Waals surface area contributed by atoms with Crippen LogP contribution in [0.25, 0.3) is 11.1 Å². The van der Waals surface area contributed by atoms with Crippen LogP contribution >= 0.6 is 0 Å². The van der Waals surface area contributed by atoms with E-state index in [1.54, 1.807) is 7.11 Å². The molecule has 0 spiro atoms. The molecule has 0 N–H and O–H groups in total. The van der Waals surface area contributed by atoms with Crippen LogP contribution in [-0.4, -0.2) is 69.0 Å².